The second-order valence-electron chi connectivity index (χ2n) is 5.00. The van der Waals surface area contributed by atoms with Crippen LogP contribution in [0.4, 0.5) is 0 Å². The largest absolute Gasteiger partial charge is 0.355 e. The normalized spacial score (nSPS) is 11.3. The fraction of sp³-hybridized carbons (Fsp3) is 0.462. The Morgan fingerprint density at radius 3 is 2.90 bits per heavy atom. The van der Waals surface area contributed by atoms with Gasteiger partial charge in [0.25, 0.3) is 0 Å². The van der Waals surface area contributed by atoms with Gasteiger partial charge in [-0.15, -0.1) is 10.2 Å². The molecular weight excluding hydrogens is 331 g/mol. The highest BCUT2D eigenvalue weighted by Crippen LogP contribution is 2.25. The van der Waals surface area contributed by atoms with Gasteiger partial charge in [-0.05, 0) is 18.4 Å². The van der Waals surface area contributed by atoms with E-state index in [4.69, 9.17) is 23.2 Å². The van der Waals surface area contributed by atoms with Gasteiger partial charge in [-0.1, -0.05) is 48.8 Å². The Labute approximate surface area is 137 Å². The third kappa shape index (κ3) is 4.49. The minimum Gasteiger partial charge on any atom is -0.355 e. The number of thioether (sulfide) groups is 1. The minimum atomic E-state index is -0.0227. The smallest absolute Gasteiger partial charge is 0.230 e. The number of fused-ring (bicyclic) bond motifs is 1. The Morgan fingerprint density at radius 2 is 2.19 bits per heavy atom. The Bertz CT molecular complexity index is 644. The van der Waals surface area contributed by atoms with Crippen molar-refractivity contribution >= 4 is 46.5 Å². The van der Waals surface area contributed by atoms with Crippen molar-refractivity contribution in [1.29, 1.82) is 0 Å². The van der Waals surface area contributed by atoms with Gasteiger partial charge in [-0.3, -0.25) is 9.20 Å². The highest BCUT2D eigenvalue weighted by atomic mass is 35.5. The lowest BCUT2D eigenvalue weighted by Gasteiger charge is -2.06. The van der Waals surface area contributed by atoms with Crippen molar-refractivity contribution in [1.82, 2.24) is 19.9 Å². The molecule has 0 bridgehead atoms. The summed E-state index contributed by atoms with van der Waals surface area (Å²) in [5.41, 5.74) is 0.531. The molecule has 0 aliphatic carbocycles. The fourth-order valence-corrected chi connectivity index (χ4v) is 2.93. The first kappa shape index (κ1) is 16.4. The van der Waals surface area contributed by atoms with Gasteiger partial charge in [0.1, 0.15) is 0 Å². The van der Waals surface area contributed by atoms with Crippen molar-refractivity contribution in [3.05, 3.63) is 22.3 Å². The molecule has 0 saturated heterocycles. The van der Waals surface area contributed by atoms with E-state index in [9.17, 15) is 4.79 Å². The molecule has 0 aromatic carbocycles. The Kier molecular flexibility index (Phi) is 5.72. The van der Waals surface area contributed by atoms with Crippen LogP contribution in [0.15, 0.2) is 17.4 Å². The number of hydrogen-bond acceptors (Lipinski definition) is 4. The van der Waals surface area contributed by atoms with Gasteiger partial charge < -0.3 is 5.32 Å². The zero-order valence-corrected chi connectivity index (χ0v) is 14.1. The summed E-state index contributed by atoms with van der Waals surface area (Å²) in [7, 11) is 0. The summed E-state index contributed by atoms with van der Waals surface area (Å²) in [6.45, 7) is 4.93. The zero-order valence-electron chi connectivity index (χ0n) is 11.8. The summed E-state index contributed by atoms with van der Waals surface area (Å²) in [6, 6.07) is 1.61. The number of carbonyl (C=O) groups excluding carboxylic acids is 1. The Morgan fingerprint density at radius 1 is 1.43 bits per heavy atom. The van der Waals surface area contributed by atoms with Gasteiger partial charge in [-0.2, -0.15) is 0 Å². The van der Waals surface area contributed by atoms with Gasteiger partial charge in [0, 0.05) is 12.7 Å². The van der Waals surface area contributed by atoms with Gasteiger partial charge in [0.05, 0.1) is 15.8 Å². The van der Waals surface area contributed by atoms with Crippen LogP contribution in [0, 0.1) is 5.92 Å². The lowest BCUT2D eigenvalue weighted by Crippen LogP contribution is -2.27. The third-order valence-electron chi connectivity index (χ3n) is 2.77. The van der Waals surface area contributed by atoms with E-state index < -0.39 is 0 Å². The lowest BCUT2D eigenvalue weighted by atomic mass is 10.1. The van der Waals surface area contributed by atoms with Crippen molar-refractivity contribution in [3.8, 4) is 0 Å². The van der Waals surface area contributed by atoms with E-state index in [0.717, 1.165) is 6.42 Å². The number of amides is 1. The maximum Gasteiger partial charge on any atom is 0.230 e. The van der Waals surface area contributed by atoms with Crippen molar-refractivity contribution in [2.45, 2.75) is 25.4 Å². The molecule has 5 nitrogen and oxygen atoms in total. The molecule has 2 aromatic rings. The highest BCUT2D eigenvalue weighted by Gasteiger charge is 2.12. The summed E-state index contributed by atoms with van der Waals surface area (Å²) in [5.74, 6) is 0.830. The molecular formula is C13H16Cl2N4OS. The SMILES string of the molecule is CC(C)CCNC(=O)CSc1nnc2c(Cl)cc(Cl)cn12. The highest BCUT2D eigenvalue weighted by molar-refractivity contribution is 7.99. The average Bonchev–Trinajstić information content (AvgIpc) is 2.79. The van der Waals surface area contributed by atoms with Gasteiger partial charge in [-0.25, -0.2) is 0 Å². The van der Waals surface area contributed by atoms with E-state index >= 15 is 0 Å². The van der Waals surface area contributed by atoms with E-state index in [1.807, 2.05) is 0 Å². The second kappa shape index (κ2) is 7.33. The van der Waals surface area contributed by atoms with Crippen molar-refractivity contribution in [2.75, 3.05) is 12.3 Å². The van der Waals surface area contributed by atoms with Gasteiger partial charge in [0.15, 0.2) is 10.8 Å². The average molecular weight is 347 g/mol. The summed E-state index contributed by atoms with van der Waals surface area (Å²) >= 11 is 13.3. The molecule has 8 heteroatoms. The number of nitrogens with one attached hydrogen (secondary N) is 1. The topological polar surface area (TPSA) is 59.3 Å². The van der Waals surface area contributed by atoms with Crippen LogP contribution in [0.5, 0.6) is 0 Å². The molecule has 0 fully saturated rings. The molecule has 0 atom stereocenters. The van der Waals surface area contributed by atoms with E-state index in [1.54, 1.807) is 16.7 Å². The molecule has 0 saturated carbocycles. The summed E-state index contributed by atoms with van der Waals surface area (Å²) < 4.78 is 1.69. The first-order valence-electron chi connectivity index (χ1n) is 6.56. The molecule has 1 N–H and O–H groups in total. The van der Waals surface area contributed by atoms with Gasteiger partial charge in [0.2, 0.25) is 5.91 Å². The number of rotatable bonds is 6. The standard InChI is InChI=1S/C13H16Cl2N4OS/c1-8(2)3-4-16-11(20)7-21-13-18-17-12-10(15)5-9(14)6-19(12)13/h5-6,8H,3-4,7H2,1-2H3,(H,16,20). The lowest BCUT2D eigenvalue weighted by molar-refractivity contribution is -0.118. The van der Waals surface area contributed by atoms with Crippen molar-refractivity contribution in [2.24, 2.45) is 5.92 Å². The number of carbonyl (C=O) groups is 1. The number of nitrogens with zero attached hydrogens (tertiary/aromatic N) is 3. The molecule has 2 aromatic heterocycles. The molecule has 114 valence electrons. The monoisotopic (exact) mass is 346 g/mol. The fourth-order valence-electron chi connectivity index (χ4n) is 1.68. The van der Waals surface area contributed by atoms with Crippen LogP contribution in [0.1, 0.15) is 20.3 Å². The number of pyridine rings is 1. The second-order valence-corrected chi connectivity index (χ2v) is 6.79. The predicted molar refractivity (Wildman–Crippen MR) is 86.2 cm³/mol. The van der Waals surface area contributed by atoms with E-state index in [-0.39, 0.29) is 11.7 Å². The third-order valence-corrected chi connectivity index (χ3v) is 4.20. The van der Waals surface area contributed by atoms with Crippen LogP contribution in [-0.4, -0.2) is 32.8 Å². The van der Waals surface area contributed by atoms with Crippen LogP contribution in [0.3, 0.4) is 0 Å². The van der Waals surface area contributed by atoms with Crippen LogP contribution < -0.4 is 5.32 Å². The first-order valence-corrected chi connectivity index (χ1v) is 8.31. The van der Waals surface area contributed by atoms with Crippen LogP contribution >= 0.6 is 35.0 Å². The Balaban J connectivity index is 1.96. The van der Waals surface area contributed by atoms with E-state index in [2.05, 4.69) is 29.4 Å². The molecule has 0 unspecified atom stereocenters. The molecule has 0 spiro atoms. The molecule has 0 aliphatic rings. The van der Waals surface area contributed by atoms with Crippen LogP contribution in [0.2, 0.25) is 10.0 Å². The number of halogens is 2. The van der Waals surface area contributed by atoms with Gasteiger partial charge >= 0.3 is 0 Å². The van der Waals surface area contributed by atoms with Crippen LogP contribution in [0.25, 0.3) is 5.65 Å². The molecule has 21 heavy (non-hydrogen) atoms. The Hall–Kier alpha value is -0.980. The van der Waals surface area contributed by atoms with E-state index in [0.29, 0.717) is 33.3 Å². The molecule has 0 radical (unpaired) electrons. The maximum atomic E-state index is 11.7. The summed E-state index contributed by atoms with van der Waals surface area (Å²) in [4.78, 5) is 11.7. The van der Waals surface area contributed by atoms with Crippen molar-refractivity contribution in [3.63, 3.8) is 0 Å². The number of hydrogen-bond donors (Lipinski definition) is 1. The molecule has 0 aliphatic heterocycles. The zero-order chi connectivity index (χ0) is 15.4. The molecule has 1 amide bonds. The molecule has 2 heterocycles. The predicted octanol–water partition coefficient (Wildman–Crippen LogP) is 3.29. The summed E-state index contributed by atoms with van der Waals surface area (Å²) in [6.07, 6.45) is 2.65. The number of aromatic nitrogens is 3. The maximum absolute atomic E-state index is 11.7. The van der Waals surface area contributed by atoms with Crippen molar-refractivity contribution < 1.29 is 4.79 Å². The van der Waals surface area contributed by atoms with E-state index in [1.165, 1.54) is 11.8 Å². The first-order chi connectivity index (χ1) is 9.97. The summed E-state index contributed by atoms with van der Waals surface area (Å²) in [5, 5.41) is 12.4. The van der Waals surface area contributed by atoms with Crippen LogP contribution in [-0.2, 0) is 4.79 Å². The molecule has 2 rings (SSSR count). The minimum absolute atomic E-state index is 0.0227. The quantitative estimate of drug-likeness (QED) is 0.815.